The fourth-order valence-electron chi connectivity index (χ4n) is 1.21. The summed E-state index contributed by atoms with van der Waals surface area (Å²) in [6, 6.07) is 5.68. The zero-order valence-corrected chi connectivity index (χ0v) is 10.6. The number of rotatable bonds is 6. The summed E-state index contributed by atoms with van der Waals surface area (Å²) in [4.78, 5) is 0. The van der Waals surface area contributed by atoms with Crippen LogP contribution in [0.3, 0.4) is 0 Å². The topological polar surface area (TPSA) is 79.2 Å². The fourth-order valence-corrected chi connectivity index (χ4v) is 2.12. The summed E-state index contributed by atoms with van der Waals surface area (Å²) in [5.74, 6) is -0.787. The Morgan fingerprint density at radius 2 is 2.22 bits per heavy atom. The Kier molecular flexibility index (Phi) is 5.22. The molecule has 98 valence electrons. The van der Waals surface area contributed by atoms with E-state index in [1.807, 2.05) is 0 Å². The van der Waals surface area contributed by atoms with Crippen molar-refractivity contribution in [2.45, 2.75) is 6.54 Å². The SMILES string of the molecule is COCCS(=O)(=O)NCc1ccc(C#N)cc1F. The van der Waals surface area contributed by atoms with Gasteiger partial charge in [-0.05, 0) is 12.1 Å². The van der Waals surface area contributed by atoms with E-state index in [9.17, 15) is 12.8 Å². The van der Waals surface area contributed by atoms with Crippen LogP contribution in [0.5, 0.6) is 0 Å². The van der Waals surface area contributed by atoms with E-state index in [0.29, 0.717) is 0 Å². The van der Waals surface area contributed by atoms with Gasteiger partial charge in [0.05, 0.1) is 24.0 Å². The number of hydrogen-bond donors (Lipinski definition) is 1. The highest BCUT2D eigenvalue weighted by Gasteiger charge is 2.11. The van der Waals surface area contributed by atoms with Crippen molar-refractivity contribution >= 4 is 10.0 Å². The van der Waals surface area contributed by atoms with Gasteiger partial charge in [-0.2, -0.15) is 5.26 Å². The third-order valence-corrected chi connectivity index (χ3v) is 3.51. The molecule has 0 aromatic heterocycles. The standard InChI is InChI=1S/C11H13FN2O3S/c1-17-4-5-18(15,16)14-8-10-3-2-9(7-13)6-11(10)12/h2-3,6,14H,4-5,8H2,1H3. The molecule has 7 heteroatoms. The summed E-state index contributed by atoms with van der Waals surface area (Å²) in [5.41, 5.74) is 0.383. The molecule has 0 amide bonds. The second-order valence-corrected chi connectivity index (χ2v) is 5.48. The zero-order valence-electron chi connectivity index (χ0n) is 9.81. The number of sulfonamides is 1. The maximum absolute atomic E-state index is 13.5. The Balaban J connectivity index is 2.67. The molecule has 0 spiro atoms. The highest BCUT2D eigenvalue weighted by atomic mass is 32.2. The van der Waals surface area contributed by atoms with Crippen LogP contribution in [-0.4, -0.2) is 27.9 Å². The largest absolute Gasteiger partial charge is 0.384 e. The van der Waals surface area contributed by atoms with E-state index in [-0.39, 0.29) is 30.0 Å². The monoisotopic (exact) mass is 272 g/mol. The molecule has 0 fully saturated rings. The van der Waals surface area contributed by atoms with Crippen molar-refractivity contribution in [2.75, 3.05) is 19.5 Å². The molecule has 0 radical (unpaired) electrons. The fraction of sp³-hybridized carbons (Fsp3) is 0.364. The summed E-state index contributed by atoms with van der Waals surface area (Å²) in [6.45, 7) is -0.0746. The molecule has 5 nitrogen and oxygen atoms in total. The van der Waals surface area contributed by atoms with Gasteiger partial charge in [-0.15, -0.1) is 0 Å². The molecule has 1 aromatic carbocycles. The highest BCUT2D eigenvalue weighted by Crippen LogP contribution is 2.10. The minimum absolute atomic E-state index is 0.0746. The van der Waals surface area contributed by atoms with Gasteiger partial charge in [-0.1, -0.05) is 6.07 Å². The number of nitrogens with one attached hydrogen (secondary N) is 1. The molecule has 0 heterocycles. The molecule has 0 bridgehead atoms. The Hall–Kier alpha value is -1.49. The van der Waals surface area contributed by atoms with E-state index >= 15 is 0 Å². The molecule has 0 unspecified atom stereocenters. The molecular formula is C11H13FN2O3S. The van der Waals surface area contributed by atoms with Gasteiger partial charge in [0.25, 0.3) is 0 Å². The van der Waals surface area contributed by atoms with E-state index in [1.54, 1.807) is 6.07 Å². The zero-order chi connectivity index (χ0) is 13.6. The van der Waals surface area contributed by atoms with Gasteiger partial charge < -0.3 is 4.74 Å². The van der Waals surface area contributed by atoms with E-state index in [0.717, 1.165) is 6.07 Å². The van der Waals surface area contributed by atoms with Crippen molar-refractivity contribution in [1.29, 1.82) is 5.26 Å². The first-order valence-electron chi connectivity index (χ1n) is 5.13. The van der Waals surface area contributed by atoms with Crippen LogP contribution < -0.4 is 4.72 Å². The van der Waals surface area contributed by atoms with Crippen LogP contribution in [0.2, 0.25) is 0 Å². The van der Waals surface area contributed by atoms with Crippen molar-refractivity contribution in [3.05, 3.63) is 35.1 Å². The van der Waals surface area contributed by atoms with Gasteiger partial charge in [0, 0.05) is 19.2 Å². The van der Waals surface area contributed by atoms with Gasteiger partial charge in [0.1, 0.15) is 5.82 Å². The normalized spacial score (nSPS) is 11.2. The maximum Gasteiger partial charge on any atom is 0.214 e. The molecule has 0 aliphatic carbocycles. The molecule has 1 rings (SSSR count). The molecule has 0 aliphatic heterocycles. The van der Waals surface area contributed by atoms with Gasteiger partial charge in [-0.3, -0.25) is 0 Å². The molecule has 1 aromatic rings. The molecule has 18 heavy (non-hydrogen) atoms. The van der Waals surface area contributed by atoms with Crippen LogP contribution in [0.25, 0.3) is 0 Å². The number of nitrogens with zero attached hydrogens (tertiary/aromatic N) is 1. The lowest BCUT2D eigenvalue weighted by Crippen LogP contribution is -2.28. The molecule has 0 saturated carbocycles. The number of hydrogen-bond acceptors (Lipinski definition) is 4. The van der Waals surface area contributed by atoms with Crippen molar-refractivity contribution in [3.8, 4) is 6.07 Å². The summed E-state index contributed by atoms with van der Waals surface area (Å²) in [7, 11) is -2.08. The predicted octanol–water partition coefficient (Wildman–Crippen LogP) is 0.763. The van der Waals surface area contributed by atoms with Crippen LogP contribution in [0.1, 0.15) is 11.1 Å². The first kappa shape index (κ1) is 14.6. The molecule has 1 N–H and O–H groups in total. The summed E-state index contributed by atoms with van der Waals surface area (Å²) in [5, 5.41) is 8.57. The van der Waals surface area contributed by atoms with Crippen LogP contribution >= 0.6 is 0 Å². The Morgan fingerprint density at radius 3 is 2.78 bits per heavy atom. The Labute approximate surface area is 105 Å². The minimum atomic E-state index is -3.48. The highest BCUT2D eigenvalue weighted by molar-refractivity contribution is 7.89. The van der Waals surface area contributed by atoms with E-state index < -0.39 is 15.8 Å². The predicted molar refractivity (Wildman–Crippen MR) is 63.6 cm³/mol. The van der Waals surface area contributed by atoms with Gasteiger partial charge in [-0.25, -0.2) is 17.5 Å². The minimum Gasteiger partial charge on any atom is -0.384 e. The van der Waals surface area contributed by atoms with Gasteiger partial charge in [0.15, 0.2) is 0 Å². The third kappa shape index (κ3) is 4.41. The van der Waals surface area contributed by atoms with E-state index in [1.165, 1.54) is 19.2 Å². The lowest BCUT2D eigenvalue weighted by Gasteiger charge is -2.07. The van der Waals surface area contributed by atoms with Crippen molar-refractivity contribution in [3.63, 3.8) is 0 Å². The first-order chi connectivity index (χ1) is 8.48. The number of nitriles is 1. The van der Waals surface area contributed by atoms with Gasteiger partial charge >= 0.3 is 0 Å². The molecule has 0 saturated heterocycles. The maximum atomic E-state index is 13.5. The lowest BCUT2D eigenvalue weighted by molar-refractivity contribution is 0.217. The van der Waals surface area contributed by atoms with Crippen LogP contribution in [-0.2, 0) is 21.3 Å². The lowest BCUT2D eigenvalue weighted by atomic mass is 10.1. The number of methoxy groups -OCH3 is 1. The first-order valence-corrected chi connectivity index (χ1v) is 6.78. The Morgan fingerprint density at radius 1 is 1.50 bits per heavy atom. The van der Waals surface area contributed by atoms with Crippen molar-refractivity contribution in [1.82, 2.24) is 4.72 Å². The second kappa shape index (κ2) is 6.44. The molecule has 0 atom stereocenters. The number of ether oxygens (including phenoxy) is 1. The van der Waals surface area contributed by atoms with E-state index in [2.05, 4.69) is 9.46 Å². The number of benzene rings is 1. The quantitative estimate of drug-likeness (QED) is 0.829. The average molecular weight is 272 g/mol. The smallest absolute Gasteiger partial charge is 0.214 e. The molecule has 0 aliphatic rings. The van der Waals surface area contributed by atoms with Crippen molar-refractivity contribution < 1.29 is 17.5 Å². The average Bonchev–Trinajstić information content (AvgIpc) is 2.35. The second-order valence-electron chi connectivity index (χ2n) is 3.55. The van der Waals surface area contributed by atoms with Gasteiger partial charge in [0.2, 0.25) is 10.0 Å². The summed E-state index contributed by atoms with van der Waals surface area (Å²) in [6.07, 6.45) is 0. The van der Waals surface area contributed by atoms with E-state index in [4.69, 9.17) is 5.26 Å². The summed E-state index contributed by atoms with van der Waals surface area (Å²) < 4.78 is 43.2. The molecular weight excluding hydrogens is 259 g/mol. The van der Waals surface area contributed by atoms with Crippen LogP contribution in [0, 0.1) is 17.1 Å². The van der Waals surface area contributed by atoms with Crippen molar-refractivity contribution in [2.24, 2.45) is 0 Å². The third-order valence-electron chi connectivity index (χ3n) is 2.22. The Bertz CT molecular complexity index is 552. The van der Waals surface area contributed by atoms with Crippen LogP contribution in [0.15, 0.2) is 18.2 Å². The van der Waals surface area contributed by atoms with Crippen LogP contribution in [0.4, 0.5) is 4.39 Å². The number of halogens is 1. The summed E-state index contributed by atoms with van der Waals surface area (Å²) >= 11 is 0.